The smallest absolute Gasteiger partial charge is 0.254 e. The summed E-state index contributed by atoms with van der Waals surface area (Å²) >= 11 is 0. The van der Waals surface area contributed by atoms with Gasteiger partial charge in [-0.2, -0.15) is 0 Å². The van der Waals surface area contributed by atoms with Crippen molar-refractivity contribution in [2.45, 2.75) is 13.0 Å². The lowest BCUT2D eigenvalue weighted by atomic mass is 10.1. The molecule has 0 spiro atoms. The van der Waals surface area contributed by atoms with Gasteiger partial charge in [-0.05, 0) is 25.1 Å². The molecule has 1 aliphatic rings. The minimum atomic E-state index is 0.132. The fraction of sp³-hybridized carbons (Fsp3) is 0.500. The Balaban J connectivity index is 2.19. The van der Waals surface area contributed by atoms with Crippen molar-refractivity contribution in [3.8, 4) is 0 Å². The number of benzene rings is 1. The van der Waals surface area contributed by atoms with E-state index in [0.29, 0.717) is 0 Å². The van der Waals surface area contributed by atoms with E-state index in [1.165, 1.54) is 0 Å². The highest BCUT2D eigenvalue weighted by Crippen LogP contribution is 2.16. The third-order valence-electron chi connectivity index (χ3n) is 3.37. The molecule has 1 saturated heterocycles. The highest BCUT2D eigenvalue weighted by atomic mass is 16.2. The van der Waals surface area contributed by atoms with Gasteiger partial charge in [0, 0.05) is 51.0 Å². The van der Waals surface area contributed by atoms with Crippen LogP contribution in [0.4, 0.5) is 5.69 Å². The zero-order valence-corrected chi connectivity index (χ0v) is 11.3. The highest BCUT2D eigenvalue weighted by Gasteiger charge is 2.24. The maximum absolute atomic E-state index is 12.5. The Morgan fingerprint density at radius 3 is 2.89 bits per heavy atom. The molecule has 1 heterocycles. The van der Waals surface area contributed by atoms with Gasteiger partial charge in [0.15, 0.2) is 0 Å². The van der Waals surface area contributed by atoms with E-state index in [4.69, 9.17) is 0 Å². The minimum absolute atomic E-state index is 0.132. The predicted octanol–water partition coefficient (Wildman–Crippen LogP) is 1.19. The number of carbonyl (C=O) groups excluding carboxylic acids is 1. The monoisotopic (exact) mass is 247 g/mol. The number of nitrogens with zero attached hydrogens (tertiary/aromatic N) is 2. The van der Waals surface area contributed by atoms with Crippen molar-refractivity contribution >= 4 is 11.6 Å². The predicted molar refractivity (Wildman–Crippen MR) is 74.1 cm³/mol. The van der Waals surface area contributed by atoms with E-state index in [1.807, 2.05) is 48.2 Å². The summed E-state index contributed by atoms with van der Waals surface area (Å²) in [6.45, 7) is 4.62. The number of piperazine rings is 1. The lowest BCUT2D eigenvalue weighted by molar-refractivity contribution is 0.0656. The average Bonchev–Trinajstić information content (AvgIpc) is 2.38. The summed E-state index contributed by atoms with van der Waals surface area (Å²) in [6, 6.07) is 8.06. The van der Waals surface area contributed by atoms with Gasteiger partial charge in [0.25, 0.3) is 5.91 Å². The molecule has 0 radical (unpaired) electrons. The molecule has 0 aromatic heterocycles. The standard InChI is InChI=1S/C14H21N3O/c1-11-10-15-7-8-17(11)14(18)12-5-4-6-13(9-12)16(2)3/h4-6,9,11,15H,7-8,10H2,1-3H3/t11-/m1/s1. The molecule has 0 saturated carbocycles. The normalized spacial score (nSPS) is 19.7. The van der Waals surface area contributed by atoms with Gasteiger partial charge in [0.2, 0.25) is 0 Å². The quantitative estimate of drug-likeness (QED) is 0.852. The average molecular weight is 247 g/mol. The summed E-state index contributed by atoms with van der Waals surface area (Å²) in [5, 5.41) is 3.30. The van der Waals surface area contributed by atoms with Crippen LogP contribution >= 0.6 is 0 Å². The van der Waals surface area contributed by atoms with Gasteiger partial charge in [-0.3, -0.25) is 4.79 Å². The number of hydrogen-bond donors (Lipinski definition) is 1. The molecule has 0 aliphatic carbocycles. The van der Waals surface area contributed by atoms with Crippen molar-refractivity contribution < 1.29 is 4.79 Å². The molecule has 0 unspecified atom stereocenters. The Labute approximate surface area is 109 Å². The molecule has 18 heavy (non-hydrogen) atoms. The van der Waals surface area contributed by atoms with Crippen molar-refractivity contribution in [2.24, 2.45) is 0 Å². The van der Waals surface area contributed by atoms with E-state index < -0.39 is 0 Å². The maximum Gasteiger partial charge on any atom is 0.254 e. The fourth-order valence-electron chi connectivity index (χ4n) is 2.23. The first kappa shape index (κ1) is 12.9. The van der Waals surface area contributed by atoms with Gasteiger partial charge in [-0.1, -0.05) is 6.07 Å². The van der Waals surface area contributed by atoms with Crippen LogP contribution in [0.2, 0.25) is 0 Å². The fourth-order valence-corrected chi connectivity index (χ4v) is 2.23. The third kappa shape index (κ3) is 2.64. The molecule has 1 atom stereocenters. The van der Waals surface area contributed by atoms with Gasteiger partial charge in [0.1, 0.15) is 0 Å². The van der Waals surface area contributed by atoms with E-state index in [9.17, 15) is 4.79 Å². The van der Waals surface area contributed by atoms with Crippen LogP contribution in [0, 0.1) is 0 Å². The van der Waals surface area contributed by atoms with Crippen molar-refractivity contribution in [1.82, 2.24) is 10.2 Å². The van der Waals surface area contributed by atoms with Crippen LogP contribution in [0.15, 0.2) is 24.3 Å². The maximum atomic E-state index is 12.5. The van der Waals surface area contributed by atoms with Crippen LogP contribution in [0.1, 0.15) is 17.3 Å². The lowest BCUT2D eigenvalue weighted by Crippen LogP contribution is -2.52. The second-order valence-electron chi connectivity index (χ2n) is 5.00. The van der Waals surface area contributed by atoms with Crippen molar-refractivity contribution in [1.29, 1.82) is 0 Å². The molecular formula is C14H21N3O. The summed E-state index contributed by atoms with van der Waals surface area (Å²) < 4.78 is 0. The first-order valence-electron chi connectivity index (χ1n) is 6.38. The summed E-state index contributed by atoms with van der Waals surface area (Å²) in [5.74, 6) is 0.132. The first-order chi connectivity index (χ1) is 8.59. The van der Waals surface area contributed by atoms with Crippen molar-refractivity contribution in [3.63, 3.8) is 0 Å². The van der Waals surface area contributed by atoms with Gasteiger partial charge >= 0.3 is 0 Å². The van der Waals surface area contributed by atoms with E-state index in [2.05, 4.69) is 12.2 Å². The Kier molecular flexibility index (Phi) is 3.87. The van der Waals surface area contributed by atoms with Crippen molar-refractivity contribution in [2.75, 3.05) is 38.6 Å². The summed E-state index contributed by atoms with van der Waals surface area (Å²) in [5.41, 5.74) is 1.83. The molecule has 98 valence electrons. The van der Waals surface area contributed by atoms with Crippen LogP contribution < -0.4 is 10.2 Å². The van der Waals surface area contributed by atoms with Gasteiger partial charge in [-0.25, -0.2) is 0 Å². The second kappa shape index (κ2) is 5.40. The largest absolute Gasteiger partial charge is 0.378 e. The third-order valence-corrected chi connectivity index (χ3v) is 3.37. The number of rotatable bonds is 2. The minimum Gasteiger partial charge on any atom is -0.378 e. The molecule has 1 amide bonds. The number of carbonyl (C=O) groups is 1. The van der Waals surface area contributed by atoms with Crippen LogP contribution in [0.3, 0.4) is 0 Å². The molecule has 1 aromatic carbocycles. The SMILES string of the molecule is C[C@@H]1CNCCN1C(=O)c1cccc(N(C)C)c1. The Hall–Kier alpha value is -1.55. The Morgan fingerprint density at radius 1 is 1.44 bits per heavy atom. The number of nitrogens with one attached hydrogen (secondary N) is 1. The second-order valence-corrected chi connectivity index (χ2v) is 5.00. The first-order valence-corrected chi connectivity index (χ1v) is 6.38. The summed E-state index contributed by atoms with van der Waals surface area (Å²) in [7, 11) is 3.97. The Bertz CT molecular complexity index is 431. The number of hydrogen-bond acceptors (Lipinski definition) is 3. The number of anilines is 1. The Morgan fingerprint density at radius 2 is 2.22 bits per heavy atom. The van der Waals surface area contributed by atoms with E-state index in [1.54, 1.807) is 0 Å². The van der Waals surface area contributed by atoms with E-state index in [-0.39, 0.29) is 11.9 Å². The van der Waals surface area contributed by atoms with Crippen LogP contribution in [0.25, 0.3) is 0 Å². The van der Waals surface area contributed by atoms with Crippen LogP contribution in [-0.2, 0) is 0 Å². The van der Waals surface area contributed by atoms with E-state index in [0.717, 1.165) is 30.9 Å². The number of amides is 1. The zero-order valence-electron chi connectivity index (χ0n) is 11.3. The molecule has 2 rings (SSSR count). The highest BCUT2D eigenvalue weighted by molar-refractivity contribution is 5.95. The van der Waals surface area contributed by atoms with Crippen LogP contribution in [-0.4, -0.2) is 50.6 Å². The van der Waals surface area contributed by atoms with Gasteiger partial charge in [0.05, 0.1) is 0 Å². The van der Waals surface area contributed by atoms with Gasteiger partial charge < -0.3 is 15.1 Å². The molecule has 4 nitrogen and oxygen atoms in total. The van der Waals surface area contributed by atoms with Gasteiger partial charge in [-0.15, -0.1) is 0 Å². The lowest BCUT2D eigenvalue weighted by Gasteiger charge is -2.34. The zero-order chi connectivity index (χ0) is 13.1. The molecule has 0 bridgehead atoms. The topological polar surface area (TPSA) is 35.6 Å². The van der Waals surface area contributed by atoms with Crippen molar-refractivity contribution in [3.05, 3.63) is 29.8 Å². The van der Waals surface area contributed by atoms with Crippen LogP contribution in [0.5, 0.6) is 0 Å². The van der Waals surface area contributed by atoms with E-state index >= 15 is 0 Å². The molecule has 1 aromatic rings. The summed E-state index contributed by atoms with van der Waals surface area (Å²) in [6.07, 6.45) is 0. The molecule has 4 heteroatoms. The molecule has 1 fully saturated rings. The molecule has 1 N–H and O–H groups in total. The molecular weight excluding hydrogens is 226 g/mol. The molecule has 1 aliphatic heterocycles. The summed E-state index contributed by atoms with van der Waals surface area (Å²) in [4.78, 5) is 16.4.